The minimum absolute atomic E-state index is 0.153. The quantitative estimate of drug-likeness (QED) is 0.779. The molecular weight excluding hydrogens is 262 g/mol. The van der Waals surface area contributed by atoms with E-state index in [1.807, 2.05) is 37.6 Å². The van der Waals surface area contributed by atoms with Crippen LogP contribution in [0.4, 0.5) is 5.00 Å². The van der Waals surface area contributed by atoms with E-state index >= 15 is 0 Å². The van der Waals surface area contributed by atoms with Crippen molar-refractivity contribution >= 4 is 22.4 Å². The van der Waals surface area contributed by atoms with Gasteiger partial charge in [-0.1, -0.05) is 4.49 Å². The molecule has 19 heavy (non-hydrogen) atoms. The highest BCUT2D eigenvalue weighted by Crippen LogP contribution is 2.18. The van der Waals surface area contributed by atoms with Gasteiger partial charge in [-0.25, -0.2) is 0 Å². The number of carbonyl (C=O) groups is 1. The number of aromatic nitrogens is 2. The van der Waals surface area contributed by atoms with Gasteiger partial charge in [-0.15, -0.1) is 5.10 Å². The molecule has 1 N–H and O–H groups in total. The van der Waals surface area contributed by atoms with Crippen LogP contribution in [0.5, 0.6) is 0 Å². The van der Waals surface area contributed by atoms with Gasteiger partial charge in [0.25, 0.3) is 0 Å². The number of carbonyl (C=O) groups excluding carboxylic acids is 1. The molecule has 1 aromatic rings. The Morgan fingerprint density at radius 1 is 1.32 bits per heavy atom. The maximum Gasteiger partial charge on any atom is 0.236 e. The van der Waals surface area contributed by atoms with Gasteiger partial charge in [-0.05, 0) is 27.8 Å². The fourth-order valence-corrected chi connectivity index (χ4v) is 2.47. The van der Waals surface area contributed by atoms with Crippen molar-refractivity contribution in [1.82, 2.24) is 19.4 Å². The third-order valence-electron chi connectivity index (χ3n) is 2.83. The van der Waals surface area contributed by atoms with Crippen molar-refractivity contribution in [3.63, 3.8) is 0 Å². The monoisotopic (exact) mass is 285 g/mol. The van der Waals surface area contributed by atoms with Gasteiger partial charge in [-0.2, -0.15) is 0 Å². The van der Waals surface area contributed by atoms with Crippen molar-refractivity contribution in [3.05, 3.63) is 5.69 Å². The Kier molecular flexibility index (Phi) is 6.72. The standard InChI is InChI=1S/C12H23N5OS/c1-5-13-12-10(14-15-19-12)8-16(4)9-11(18)17(6-2)7-3/h13H,5-9H2,1-4H3. The summed E-state index contributed by atoms with van der Waals surface area (Å²) in [6, 6.07) is 0. The molecule has 0 unspecified atom stereocenters. The van der Waals surface area contributed by atoms with Gasteiger partial charge in [0.15, 0.2) is 0 Å². The van der Waals surface area contributed by atoms with E-state index in [9.17, 15) is 4.79 Å². The smallest absolute Gasteiger partial charge is 0.236 e. The van der Waals surface area contributed by atoms with E-state index < -0.39 is 0 Å². The first-order valence-corrected chi connectivity index (χ1v) is 7.41. The Hall–Kier alpha value is -1.21. The maximum atomic E-state index is 12.0. The molecule has 1 rings (SSSR count). The van der Waals surface area contributed by atoms with Crippen molar-refractivity contribution in [2.45, 2.75) is 27.3 Å². The average molecular weight is 285 g/mol. The lowest BCUT2D eigenvalue weighted by Crippen LogP contribution is -2.38. The number of amides is 1. The topological polar surface area (TPSA) is 61.4 Å². The fraction of sp³-hybridized carbons (Fsp3) is 0.750. The molecule has 108 valence electrons. The molecule has 0 aliphatic carbocycles. The Balaban J connectivity index is 2.52. The first-order chi connectivity index (χ1) is 9.12. The van der Waals surface area contributed by atoms with Crippen molar-refractivity contribution < 1.29 is 4.79 Å². The molecule has 0 atom stereocenters. The summed E-state index contributed by atoms with van der Waals surface area (Å²) in [7, 11) is 1.93. The van der Waals surface area contributed by atoms with Crippen LogP contribution in [0.2, 0.25) is 0 Å². The van der Waals surface area contributed by atoms with Crippen LogP contribution >= 0.6 is 11.5 Å². The number of nitrogens with one attached hydrogen (secondary N) is 1. The fourth-order valence-electron chi connectivity index (χ4n) is 1.83. The van der Waals surface area contributed by atoms with E-state index in [1.165, 1.54) is 11.5 Å². The van der Waals surface area contributed by atoms with Crippen molar-refractivity contribution in [2.75, 3.05) is 38.5 Å². The van der Waals surface area contributed by atoms with Gasteiger partial charge in [0, 0.05) is 37.7 Å². The minimum Gasteiger partial charge on any atom is -0.374 e. The second-order valence-electron chi connectivity index (χ2n) is 4.32. The molecule has 0 spiro atoms. The second kappa shape index (κ2) is 8.06. The lowest BCUT2D eigenvalue weighted by Gasteiger charge is -2.22. The van der Waals surface area contributed by atoms with E-state index in [1.54, 1.807) is 0 Å². The second-order valence-corrected chi connectivity index (χ2v) is 5.07. The molecule has 0 fully saturated rings. The summed E-state index contributed by atoms with van der Waals surface area (Å²) < 4.78 is 3.95. The summed E-state index contributed by atoms with van der Waals surface area (Å²) in [5.41, 5.74) is 0.904. The third-order valence-corrected chi connectivity index (χ3v) is 3.56. The normalized spacial score (nSPS) is 10.8. The molecule has 7 heteroatoms. The van der Waals surface area contributed by atoms with Gasteiger partial charge >= 0.3 is 0 Å². The van der Waals surface area contributed by atoms with Crippen LogP contribution < -0.4 is 5.32 Å². The van der Waals surface area contributed by atoms with Gasteiger partial charge in [0.05, 0.1) is 6.54 Å². The summed E-state index contributed by atoms with van der Waals surface area (Å²) in [4.78, 5) is 15.8. The van der Waals surface area contributed by atoms with Crippen molar-refractivity contribution in [1.29, 1.82) is 0 Å². The molecule has 0 saturated heterocycles. The Morgan fingerprint density at radius 3 is 2.58 bits per heavy atom. The molecule has 0 aromatic carbocycles. The molecule has 1 aromatic heterocycles. The molecule has 0 bridgehead atoms. The van der Waals surface area contributed by atoms with Gasteiger partial charge < -0.3 is 10.2 Å². The highest BCUT2D eigenvalue weighted by molar-refractivity contribution is 7.10. The molecule has 0 aliphatic heterocycles. The number of likely N-dealkylation sites (N-methyl/N-ethyl adjacent to an activating group) is 2. The number of hydrogen-bond acceptors (Lipinski definition) is 6. The molecule has 0 aliphatic rings. The van der Waals surface area contributed by atoms with E-state index in [-0.39, 0.29) is 5.91 Å². The Bertz CT molecular complexity index is 391. The van der Waals surface area contributed by atoms with Crippen LogP contribution in [0.15, 0.2) is 0 Å². The highest BCUT2D eigenvalue weighted by atomic mass is 32.1. The van der Waals surface area contributed by atoms with Gasteiger partial charge in [0.1, 0.15) is 10.7 Å². The predicted molar refractivity (Wildman–Crippen MR) is 78.3 cm³/mol. The molecule has 6 nitrogen and oxygen atoms in total. The zero-order chi connectivity index (χ0) is 14.3. The summed E-state index contributed by atoms with van der Waals surface area (Å²) in [5, 5.41) is 8.33. The molecule has 1 heterocycles. The number of rotatable bonds is 8. The van der Waals surface area contributed by atoms with Crippen molar-refractivity contribution in [2.24, 2.45) is 0 Å². The van der Waals surface area contributed by atoms with Crippen LogP contribution in [0.3, 0.4) is 0 Å². The lowest BCUT2D eigenvalue weighted by molar-refractivity contribution is -0.131. The van der Waals surface area contributed by atoms with Gasteiger partial charge in [-0.3, -0.25) is 9.69 Å². The van der Waals surface area contributed by atoms with Gasteiger partial charge in [0.2, 0.25) is 5.91 Å². The summed E-state index contributed by atoms with van der Waals surface area (Å²) >= 11 is 1.36. The van der Waals surface area contributed by atoms with Crippen LogP contribution in [0.1, 0.15) is 26.5 Å². The largest absolute Gasteiger partial charge is 0.374 e. The number of hydrogen-bond donors (Lipinski definition) is 1. The number of anilines is 1. The van der Waals surface area contributed by atoms with Crippen LogP contribution in [0, 0.1) is 0 Å². The maximum absolute atomic E-state index is 12.0. The molecule has 0 saturated carbocycles. The summed E-state index contributed by atoms with van der Waals surface area (Å²) in [5.74, 6) is 0.153. The highest BCUT2D eigenvalue weighted by Gasteiger charge is 2.15. The van der Waals surface area contributed by atoms with Crippen LogP contribution in [-0.4, -0.2) is 58.5 Å². The SMILES string of the molecule is CCNc1snnc1CN(C)CC(=O)N(CC)CC. The first kappa shape index (κ1) is 15.8. The Morgan fingerprint density at radius 2 is 2.00 bits per heavy atom. The molecule has 1 amide bonds. The number of nitrogens with zero attached hydrogens (tertiary/aromatic N) is 4. The predicted octanol–water partition coefficient (Wildman–Crippen LogP) is 1.27. The first-order valence-electron chi connectivity index (χ1n) is 6.63. The minimum atomic E-state index is 0.153. The zero-order valence-electron chi connectivity index (χ0n) is 12.1. The van der Waals surface area contributed by atoms with Crippen LogP contribution in [0.25, 0.3) is 0 Å². The van der Waals surface area contributed by atoms with E-state index in [0.717, 1.165) is 30.3 Å². The van der Waals surface area contributed by atoms with E-state index in [4.69, 9.17) is 0 Å². The zero-order valence-corrected chi connectivity index (χ0v) is 13.0. The third kappa shape index (κ3) is 4.76. The van der Waals surface area contributed by atoms with Crippen molar-refractivity contribution in [3.8, 4) is 0 Å². The summed E-state index contributed by atoms with van der Waals surface area (Å²) in [6.07, 6.45) is 0. The lowest BCUT2D eigenvalue weighted by atomic mass is 10.3. The molecule has 0 radical (unpaired) electrons. The Labute approximate surface area is 119 Å². The molecular formula is C12H23N5OS. The van der Waals surface area contributed by atoms with E-state index in [0.29, 0.717) is 13.1 Å². The summed E-state index contributed by atoms with van der Waals surface area (Å²) in [6.45, 7) is 9.42. The van der Waals surface area contributed by atoms with E-state index in [2.05, 4.69) is 14.9 Å². The average Bonchev–Trinajstić information content (AvgIpc) is 2.78. The van der Waals surface area contributed by atoms with Crippen LogP contribution in [-0.2, 0) is 11.3 Å².